The Morgan fingerprint density at radius 1 is 1.33 bits per heavy atom. The number of carbonyl (C=O) groups excluding carboxylic acids is 1. The first-order valence-electron chi connectivity index (χ1n) is 6.65. The number of nitrogens with two attached hydrogens (primary N) is 1. The van der Waals surface area contributed by atoms with Gasteiger partial charge in [0.2, 0.25) is 10.0 Å². The zero-order valence-corrected chi connectivity index (χ0v) is 13.7. The third-order valence-corrected chi connectivity index (χ3v) is 4.33. The minimum absolute atomic E-state index is 0.0101. The highest BCUT2D eigenvalue weighted by molar-refractivity contribution is 7.89. The number of carbonyl (C=O) groups is 1. The predicted molar refractivity (Wildman–Crippen MR) is 80.7 cm³/mol. The fraction of sp³-hybridized carbons (Fsp3) is 0.500. The number of hydrogen-bond donors (Lipinski definition) is 1. The molecule has 118 valence electrons. The van der Waals surface area contributed by atoms with E-state index < -0.39 is 10.0 Å². The molecule has 0 heterocycles. The van der Waals surface area contributed by atoms with Gasteiger partial charge in [-0.05, 0) is 44.0 Å². The highest BCUT2D eigenvalue weighted by Gasteiger charge is 2.19. The van der Waals surface area contributed by atoms with Crippen molar-refractivity contribution >= 4 is 15.9 Å². The summed E-state index contributed by atoms with van der Waals surface area (Å²) in [6.45, 7) is 6.75. The Bertz CT molecular complexity index is 626. The summed E-state index contributed by atoms with van der Waals surface area (Å²) in [5, 5.41) is 5.20. The second kappa shape index (κ2) is 7.02. The predicted octanol–water partition coefficient (Wildman–Crippen LogP) is 1.06. The van der Waals surface area contributed by atoms with Gasteiger partial charge in [0.15, 0.2) is 0 Å². The van der Waals surface area contributed by atoms with Crippen LogP contribution in [0.15, 0.2) is 17.0 Å². The van der Waals surface area contributed by atoms with E-state index in [1.165, 1.54) is 11.0 Å². The van der Waals surface area contributed by atoms with Crippen molar-refractivity contribution in [3.63, 3.8) is 0 Å². The van der Waals surface area contributed by atoms with Crippen LogP contribution < -0.4 is 5.14 Å². The molecule has 0 aromatic heterocycles. The van der Waals surface area contributed by atoms with Crippen LogP contribution in [0.1, 0.15) is 28.4 Å². The monoisotopic (exact) mass is 314 g/mol. The number of primary sulfonamides is 1. The van der Waals surface area contributed by atoms with Crippen LogP contribution in [0.4, 0.5) is 0 Å². The number of aryl methyl sites for hydroxylation is 1. The van der Waals surface area contributed by atoms with Crippen LogP contribution in [-0.2, 0) is 14.8 Å². The quantitative estimate of drug-likeness (QED) is 0.795. The van der Waals surface area contributed by atoms with E-state index in [-0.39, 0.29) is 10.8 Å². The number of amides is 1. The van der Waals surface area contributed by atoms with Gasteiger partial charge in [-0.3, -0.25) is 4.79 Å². The third kappa shape index (κ3) is 4.52. The lowest BCUT2D eigenvalue weighted by Crippen LogP contribution is -2.30. The molecule has 0 aliphatic heterocycles. The second-order valence-corrected chi connectivity index (χ2v) is 6.41. The summed E-state index contributed by atoms with van der Waals surface area (Å²) < 4.78 is 28.4. The smallest absolute Gasteiger partial charge is 0.253 e. The van der Waals surface area contributed by atoms with Crippen molar-refractivity contribution in [3.8, 4) is 0 Å². The minimum atomic E-state index is -3.85. The first kappa shape index (κ1) is 17.6. The maximum atomic E-state index is 12.3. The number of nitrogens with zero attached hydrogens (tertiary/aromatic N) is 1. The summed E-state index contributed by atoms with van der Waals surface area (Å²) in [6.07, 6.45) is 0. The van der Waals surface area contributed by atoms with Crippen molar-refractivity contribution in [3.05, 3.63) is 28.8 Å². The fourth-order valence-electron chi connectivity index (χ4n) is 1.91. The molecule has 1 rings (SSSR count). The standard InChI is InChI=1S/C14H22N2O4S/c1-5-20-7-6-16(4)14(17)12-8-10(2)11(3)13(9-12)21(15,18)19/h8-9H,5-7H2,1-4H3,(H2,15,18,19). The van der Waals surface area contributed by atoms with Crippen LogP contribution in [0.3, 0.4) is 0 Å². The average molecular weight is 314 g/mol. The summed E-state index contributed by atoms with van der Waals surface area (Å²) in [4.78, 5) is 13.8. The Balaban J connectivity index is 3.09. The summed E-state index contributed by atoms with van der Waals surface area (Å²) in [7, 11) is -2.21. The van der Waals surface area contributed by atoms with Gasteiger partial charge in [0.25, 0.3) is 5.91 Å². The van der Waals surface area contributed by atoms with Crippen molar-refractivity contribution in [2.45, 2.75) is 25.7 Å². The third-order valence-electron chi connectivity index (χ3n) is 3.30. The maximum absolute atomic E-state index is 12.3. The zero-order valence-electron chi connectivity index (χ0n) is 12.8. The molecule has 0 aliphatic carbocycles. The Kier molecular flexibility index (Phi) is 5.88. The van der Waals surface area contributed by atoms with E-state index in [2.05, 4.69) is 0 Å². The van der Waals surface area contributed by atoms with Crippen LogP contribution in [-0.4, -0.2) is 46.0 Å². The number of likely N-dealkylation sites (N-methyl/N-ethyl adjacent to an activating group) is 1. The number of rotatable bonds is 6. The number of ether oxygens (including phenoxy) is 1. The van der Waals surface area contributed by atoms with E-state index in [1.54, 1.807) is 27.0 Å². The van der Waals surface area contributed by atoms with Crippen molar-refractivity contribution in [2.75, 3.05) is 26.8 Å². The topological polar surface area (TPSA) is 89.7 Å². The number of hydrogen-bond acceptors (Lipinski definition) is 4. The van der Waals surface area contributed by atoms with E-state index in [9.17, 15) is 13.2 Å². The highest BCUT2D eigenvalue weighted by atomic mass is 32.2. The Hall–Kier alpha value is -1.44. The van der Waals surface area contributed by atoms with Gasteiger partial charge in [-0.15, -0.1) is 0 Å². The van der Waals surface area contributed by atoms with Crippen LogP contribution in [0.5, 0.6) is 0 Å². The molecule has 1 aromatic rings. The molecule has 1 aromatic carbocycles. The summed E-state index contributed by atoms with van der Waals surface area (Å²) in [5.74, 6) is -0.261. The zero-order chi connectivity index (χ0) is 16.2. The average Bonchev–Trinajstić information content (AvgIpc) is 2.39. The van der Waals surface area contributed by atoms with Crippen LogP contribution >= 0.6 is 0 Å². The molecule has 0 unspecified atom stereocenters. The lowest BCUT2D eigenvalue weighted by Gasteiger charge is -2.18. The van der Waals surface area contributed by atoms with Crippen LogP contribution in [0.25, 0.3) is 0 Å². The lowest BCUT2D eigenvalue weighted by molar-refractivity contribution is 0.0709. The van der Waals surface area contributed by atoms with Crippen LogP contribution in [0.2, 0.25) is 0 Å². The molecule has 0 saturated carbocycles. The van der Waals surface area contributed by atoms with Gasteiger partial charge in [-0.1, -0.05) is 0 Å². The van der Waals surface area contributed by atoms with Gasteiger partial charge in [0.05, 0.1) is 11.5 Å². The van der Waals surface area contributed by atoms with E-state index in [0.717, 1.165) is 0 Å². The molecular weight excluding hydrogens is 292 g/mol. The molecule has 6 nitrogen and oxygen atoms in total. The van der Waals surface area contributed by atoms with Gasteiger partial charge in [-0.25, -0.2) is 13.6 Å². The minimum Gasteiger partial charge on any atom is -0.380 e. The fourth-order valence-corrected chi connectivity index (χ4v) is 2.79. The Labute approximate surface area is 125 Å². The van der Waals surface area contributed by atoms with Crippen LogP contribution in [0, 0.1) is 13.8 Å². The SMILES string of the molecule is CCOCCN(C)C(=O)c1cc(C)c(C)c(S(N)(=O)=O)c1. The molecular formula is C14H22N2O4S. The van der Waals surface area contributed by atoms with E-state index >= 15 is 0 Å². The first-order valence-corrected chi connectivity index (χ1v) is 8.20. The molecule has 0 radical (unpaired) electrons. The summed E-state index contributed by atoms with van der Waals surface area (Å²) in [5.41, 5.74) is 1.58. The highest BCUT2D eigenvalue weighted by Crippen LogP contribution is 2.20. The molecule has 0 fully saturated rings. The van der Waals surface area contributed by atoms with Crippen molar-refractivity contribution in [1.82, 2.24) is 4.90 Å². The van der Waals surface area contributed by atoms with Gasteiger partial charge >= 0.3 is 0 Å². The van der Waals surface area contributed by atoms with Crippen molar-refractivity contribution < 1.29 is 17.9 Å². The molecule has 0 atom stereocenters. The molecule has 0 bridgehead atoms. The van der Waals surface area contributed by atoms with Gasteiger partial charge < -0.3 is 9.64 Å². The second-order valence-electron chi connectivity index (χ2n) is 4.88. The molecule has 7 heteroatoms. The largest absolute Gasteiger partial charge is 0.380 e. The Morgan fingerprint density at radius 3 is 2.48 bits per heavy atom. The summed E-state index contributed by atoms with van der Waals surface area (Å²) >= 11 is 0. The molecule has 2 N–H and O–H groups in total. The van der Waals surface area contributed by atoms with Gasteiger partial charge in [-0.2, -0.15) is 0 Å². The van der Waals surface area contributed by atoms with E-state index in [1.807, 2.05) is 6.92 Å². The normalized spacial score (nSPS) is 11.5. The molecule has 0 aliphatic rings. The molecule has 0 saturated heterocycles. The van der Waals surface area contributed by atoms with Crippen molar-refractivity contribution in [2.24, 2.45) is 5.14 Å². The molecule has 1 amide bonds. The molecule has 21 heavy (non-hydrogen) atoms. The maximum Gasteiger partial charge on any atom is 0.253 e. The number of benzene rings is 1. The van der Waals surface area contributed by atoms with Gasteiger partial charge in [0.1, 0.15) is 0 Å². The van der Waals surface area contributed by atoms with E-state index in [0.29, 0.717) is 36.4 Å². The van der Waals surface area contributed by atoms with Crippen molar-refractivity contribution in [1.29, 1.82) is 0 Å². The lowest BCUT2D eigenvalue weighted by atomic mass is 10.1. The number of sulfonamides is 1. The first-order chi connectivity index (χ1) is 9.68. The van der Waals surface area contributed by atoms with Gasteiger partial charge in [0, 0.05) is 25.8 Å². The van der Waals surface area contributed by atoms with E-state index in [4.69, 9.17) is 9.88 Å². The summed E-state index contributed by atoms with van der Waals surface area (Å²) in [6, 6.07) is 3.00. The Morgan fingerprint density at radius 2 is 1.95 bits per heavy atom. The molecule has 0 spiro atoms.